The number of amides is 1. The van der Waals surface area contributed by atoms with Crippen molar-refractivity contribution in [3.05, 3.63) is 52.1 Å². The van der Waals surface area contributed by atoms with Gasteiger partial charge in [0.25, 0.3) is 5.91 Å². The molecule has 1 heterocycles. The van der Waals surface area contributed by atoms with E-state index in [2.05, 4.69) is 10.3 Å². The van der Waals surface area contributed by atoms with Crippen LogP contribution in [0, 0.1) is 0 Å². The van der Waals surface area contributed by atoms with E-state index in [-0.39, 0.29) is 17.3 Å². The summed E-state index contributed by atoms with van der Waals surface area (Å²) in [5.41, 5.74) is 0.910. The molecular formula is C18H18Cl2N2O4. The van der Waals surface area contributed by atoms with Crippen LogP contribution >= 0.6 is 23.2 Å². The fourth-order valence-electron chi connectivity index (χ4n) is 2.14. The average Bonchev–Trinajstić information content (AvgIpc) is 2.62. The van der Waals surface area contributed by atoms with Crippen LogP contribution in [0.3, 0.4) is 0 Å². The zero-order valence-corrected chi connectivity index (χ0v) is 15.6. The van der Waals surface area contributed by atoms with E-state index in [1.54, 1.807) is 0 Å². The van der Waals surface area contributed by atoms with E-state index in [0.29, 0.717) is 18.1 Å². The molecule has 138 valence electrons. The van der Waals surface area contributed by atoms with Gasteiger partial charge in [-0.25, -0.2) is 4.98 Å². The van der Waals surface area contributed by atoms with Crippen molar-refractivity contribution in [1.82, 2.24) is 4.98 Å². The molecule has 0 aliphatic carbocycles. The minimum Gasteiger partial charge on any atom is -0.494 e. The lowest BCUT2D eigenvalue weighted by molar-refractivity contribution is -0.147. The number of para-hydroxylation sites is 1. The molecule has 0 unspecified atom stereocenters. The minimum absolute atomic E-state index is 0.136. The van der Waals surface area contributed by atoms with Crippen molar-refractivity contribution in [2.75, 3.05) is 18.5 Å². The molecule has 1 aromatic heterocycles. The fourth-order valence-corrected chi connectivity index (χ4v) is 2.56. The summed E-state index contributed by atoms with van der Waals surface area (Å²) < 4.78 is 10.5. The number of hydrogen-bond donors (Lipinski definition) is 1. The maximum Gasteiger partial charge on any atom is 0.306 e. The van der Waals surface area contributed by atoms with Crippen molar-refractivity contribution in [3.8, 4) is 5.75 Å². The molecule has 0 saturated carbocycles. The summed E-state index contributed by atoms with van der Waals surface area (Å²) in [5, 5.41) is 3.01. The molecule has 0 aliphatic rings. The molecular weight excluding hydrogens is 379 g/mol. The number of nitrogens with zero attached hydrogens (tertiary/aromatic N) is 1. The molecule has 0 saturated heterocycles. The summed E-state index contributed by atoms with van der Waals surface area (Å²) in [6, 6.07) is 8.93. The van der Waals surface area contributed by atoms with Crippen LogP contribution in [0.5, 0.6) is 5.75 Å². The molecule has 0 atom stereocenters. The van der Waals surface area contributed by atoms with Crippen molar-refractivity contribution < 1.29 is 19.1 Å². The van der Waals surface area contributed by atoms with Gasteiger partial charge in [0.05, 0.1) is 16.7 Å². The van der Waals surface area contributed by atoms with E-state index in [1.807, 2.05) is 31.2 Å². The molecule has 26 heavy (non-hydrogen) atoms. The Kier molecular flexibility index (Phi) is 7.69. The Morgan fingerprint density at radius 2 is 2.00 bits per heavy atom. The second kappa shape index (κ2) is 9.99. The van der Waals surface area contributed by atoms with E-state index in [9.17, 15) is 9.59 Å². The molecule has 6 nitrogen and oxygen atoms in total. The number of esters is 1. The quantitative estimate of drug-likeness (QED) is 0.684. The minimum atomic E-state index is -0.537. The number of carbonyl (C=O) groups excluding carboxylic acids is 2. The van der Waals surface area contributed by atoms with Gasteiger partial charge in [-0.1, -0.05) is 41.4 Å². The maximum absolute atomic E-state index is 11.9. The van der Waals surface area contributed by atoms with Crippen LogP contribution in [0.4, 0.5) is 5.82 Å². The molecule has 0 radical (unpaired) electrons. The first-order valence-electron chi connectivity index (χ1n) is 7.96. The fraction of sp³-hybridized carbons (Fsp3) is 0.278. The first-order valence-corrected chi connectivity index (χ1v) is 8.72. The molecule has 1 N–H and O–H groups in total. The Morgan fingerprint density at radius 1 is 1.23 bits per heavy atom. The van der Waals surface area contributed by atoms with Crippen molar-refractivity contribution in [2.24, 2.45) is 0 Å². The SMILES string of the molecule is CCOc1ccccc1CCC(=O)OCC(=O)Nc1ncc(Cl)cc1Cl. The van der Waals surface area contributed by atoms with Gasteiger partial charge in [-0.2, -0.15) is 0 Å². The third kappa shape index (κ3) is 6.20. The number of aryl methyl sites for hydroxylation is 1. The topological polar surface area (TPSA) is 77.5 Å². The number of rotatable bonds is 8. The lowest BCUT2D eigenvalue weighted by Crippen LogP contribution is -2.21. The number of nitrogens with one attached hydrogen (secondary N) is 1. The highest BCUT2D eigenvalue weighted by atomic mass is 35.5. The number of ether oxygens (including phenoxy) is 2. The van der Waals surface area contributed by atoms with Crippen molar-refractivity contribution >= 4 is 40.9 Å². The van der Waals surface area contributed by atoms with E-state index in [1.165, 1.54) is 12.3 Å². The highest BCUT2D eigenvalue weighted by Gasteiger charge is 2.12. The van der Waals surface area contributed by atoms with Gasteiger partial charge in [-0.05, 0) is 31.0 Å². The van der Waals surface area contributed by atoms with Crippen LogP contribution in [0.25, 0.3) is 0 Å². The van der Waals surface area contributed by atoms with Crippen LogP contribution in [-0.4, -0.2) is 30.1 Å². The molecule has 2 aromatic rings. The molecule has 0 aliphatic heterocycles. The lowest BCUT2D eigenvalue weighted by atomic mass is 10.1. The number of benzene rings is 1. The first kappa shape index (κ1) is 20.0. The maximum atomic E-state index is 11.9. The number of hydrogen-bond acceptors (Lipinski definition) is 5. The van der Waals surface area contributed by atoms with Crippen LogP contribution in [-0.2, 0) is 20.7 Å². The molecule has 8 heteroatoms. The van der Waals surface area contributed by atoms with Gasteiger partial charge in [0.1, 0.15) is 5.75 Å². The largest absolute Gasteiger partial charge is 0.494 e. The number of carbonyl (C=O) groups is 2. The Labute approximate surface area is 161 Å². The molecule has 0 bridgehead atoms. The smallest absolute Gasteiger partial charge is 0.306 e. The molecule has 0 spiro atoms. The van der Waals surface area contributed by atoms with Gasteiger partial charge >= 0.3 is 5.97 Å². The van der Waals surface area contributed by atoms with Gasteiger partial charge in [0.15, 0.2) is 12.4 Å². The lowest BCUT2D eigenvalue weighted by Gasteiger charge is -2.10. The van der Waals surface area contributed by atoms with Gasteiger partial charge in [-0.3, -0.25) is 9.59 Å². The standard InChI is InChI=1S/C18H18Cl2N2O4/c1-2-25-15-6-4-3-5-12(15)7-8-17(24)26-11-16(23)22-18-14(20)9-13(19)10-21-18/h3-6,9-10H,2,7-8,11H2,1H3,(H,21,22,23). The summed E-state index contributed by atoms with van der Waals surface area (Å²) in [5.74, 6) is -0.127. The van der Waals surface area contributed by atoms with Crippen LogP contribution in [0.2, 0.25) is 10.0 Å². The summed E-state index contributed by atoms with van der Waals surface area (Å²) in [6.45, 7) is 2.01. The van der Waals surface area contributed by atoms with E-state index >= 15 is 0 Å². The summed E-state index contributed by atoms with van der Waals surface area (Å²) in [7, 11) is 0. The predicted octanol–water partition coefficient (Wildman–Crippen LogP) is 3.90. The van der Waals surface area contributed by atoms with E-state index in [0.717, 1.165) is 11.3 Å². The van der Waals surface area contributed by atoms with Crippen LogP contribution in [0.1, 0.15) is 18.9 Å². The Balaban J connectivity index is 1.79. The Bertz CT molecular complexity index is 784. The Hall–Kier alpha value is -2.31. The first-order chi connectivity index (χ1) is 12.5. The highest BCUT2D eigenvalue weighted by molar-refractivity contribution is 6.36. The molecule has 1 amide bonds. The summed E-state index contributed by atoms with van der Waals surface area (Å²) >= 11 is 11.6. The van der Waals surface area contributed by atoms with E-state index in [4.69, 9.17) is 32.7 Å². The zero-order chi connectivity index (χ0) is 18.9. The van der Waals surface area contributed by atoms with Crippen LogP contribution < -0.4 is 10.1 Å². The average molecular weight is 397 g/mol. The summed E-state index contributed by atoms with van der Waals surface area (Å²) in [4.78, 5) is 27.6. The van der Waals surface area contributed by atoms with Crippen molar-refractivity contribution in [3.63, 3.8) is 0 Å². The number of aromatic nitrogens is 1. The van der Waals surface area contributed by atoms with Crippen LogP contribution in [0.15, 0.2) is 36.5 Å². The molecule has 0 fully saturated rings. The zero-order valence-electron chi connectivity index (χ0n) is 14.1. The van der Waals surface area contributed by atoms with Gasteiger partial charge < -0.3 is 14.8 Å². The molecule has 2 rings (SSSR count). The third-order valence-electron chi connectivity index (χ3n) is 3.30. The Morgan fingerprint density at radius 3 is 2.73 bits per heavy atom. The van der Waals surface area contributed by atoms with E-state index < -0.39 is 18.5 Å². The second-order valence-corrected chi connectivity index (χ2v) is 6.08. The molecule has 1 aromatic carbocycles. The summed E-state index contributed by atoms with van der Waals surface area (Å²) in [6.07, 6.45) is 1.95. The highest BCUT2D eigenvalue weighted by Crippen LogP contribution is 2.22. The second-order valence-electron chi connectivity index (χ2n) is 5.23. The number of anilines is 1. The normalized spacial score (nSPS) is 10.3. The van der Waals surface area contributed by atoms with Crippen molar-refractivity contribution in [2.45, 2.75) is 19.8 Å². The monoisotopic (exact) mass is 396 g/mol. The third-order valence-corrected chi connectivity index (χ3v) is 3.80. The predicted molar refractivity (Wildman–Crippen MR) is 99.8 cm³/mol. The van der Waals surface area contributed by atoms with Gasteiger partial charge in [0.2, 0.25) is 0 Å². The van der Waals surface area contributed by atoms with Gasteiger partial charge in [-0.15, -0.1) is 0 Å². The number of halogens is 2. The van der Waals surface area contributed by atoms with Crippen molar-refractivity contribution in [1.29, 1.82) is 0 Å². The van der Waals surface area contributed by atoms with Gasteiger partial charge in [0, 0.05) is 12.6 Å². The number of pyridine rings is 1.